The van der Waals surface area contributed by atoms with Crippen LogP contribution in [0.15, 0.2) is 50.5 Å². The Balaban J connectivity index is 2.03. The summed E-state index contributed by atoms with van der Waals surface area (Å²) < 4.78 is 39.1. The number of nitrogens with zero attached hydrogens (tertiary/aromatic N) is 2. The normalized spacial score (nSPS) is 13.1. The zero-order chi connectivity index (χ0) is 25.8. The lowest BCUT2D eigenvalue weighted by molar-refractivity contribution is -0.0180. The van der Waals surface area contributed by atoms with E-state index >= 15 is 0 Å². The van der Waals surface area contributed by atoms with E-state index in [1.54, 1.807) is 18.9 Å². The van der Waals surface area contributed by atoms with Gasteiger partial charge in [0, 0.05) is 19.6 Å². The first kappa shape index (κ1) is 26.8. The highest BCUT2D eigenvalue weighted by Gasteiger charge is 2.24. The predicted molar refractivity (Wildman–Crippen MR) is 134 cm³/mol. The summed E-state index contributed by atoms with van der Waals surface area (Å²) in [6, 6.07) is 8.68. The molecular formula is C25H32N2O7S. The minimum absolute atomic E-state index is 0.0230. The maximum Gasteiger partial charge on any atom is 0.339 e. The Labute approximate surface area is 204 Å². The molecule has 0 aliphatic rings. The van der Waals surface area contributed by atoms with Gasteiger partial charge in [0.1, 0.15) is 11.2 Å². The zero-order valence-corrected chi connectivity index (χ0v) is 21.3. The molecule has 0 bridgehead atoms. The first-order valence-corrected chi connectivity index (χ1v) is 13.1. The van der Waals surface area contributed by atoms with E-state index in [4.69, 9.17) is 14.3 Å². The highest BCUT2D eigenvalue weighted by molar-refractivity contribution is 7.89. The van der Waals surface area contributed by atoms with Gasteiger partial charge in [0.2, 0.25) is 15.5 Å². The molecule has 0 spiro atoms. The smallest absolute Gasteiger partial charge is 0.339 e. The predicted octanol–water partition coefficient (Wildman–Crippen LogP) is 3.18. The lowest BCUT2D eigenvalue weighted by Crippen LogP contribution is -2.35. The zero-order valence-electron chi connectivity index (χ0n) is 20.5. The largest absolute Gasteiger partial charge is 0.456 e. The van der Waals surface area contributed by atoms with Crippen LogP contribution in [-0.4, -0.2) is 68.2 Å². The van der Waals surface area contributed by atoms with Gasteiger partial charge in [0.05, 0.1) is 27.8 Å². The Hall–Kier alpha value is -2.79. The number of hydrogen-bond acceptors (Lipinski definition) is 8. The van der Waals surface area contributed by atoms with Gasteiger partial charge in [-0.15, -0.1) is 0 Å². The summed E-state index contributed by atoms with van der Waals surface area (Å²) in [6.07, 6.45) is 0.764. The third-order valence-corrected chi connectivity index (χ3v) is 7.70. The van der Waals surface area contributed by atoms with Gasteiger partial charge in [0.25, 0.3) is 0 Å². The number of hydrogen-bond donors (Lipinski definition) is 1. The summed E-state index contributed by atoms with van der Waals surface area (Å²) in [4.78, 5) is 27.7. The van der Waals surface area contributed by atoms with Crippen molar-refractivity contribution in [2.24, 2.45) is 0 Å². The summed E-state index contributed by atoms with van der Waals surface area (Å²) in [7, 11) is -2.07. The van der Waals surface area contributed by atoms with Crippen molar-refractivity contribution >= 4 is 37.9 Å². The van der Waals surface area contributed by atoms with Gasteiger partial charge in [-0.05, 0) is 63.2 Å². The lowest BCUT2D eigenvalue weighted by atomic mass is 10.1. The summed E-state index contributed by atoms with van der Waals surface area (Å²) in [5, 5.41) is 9.33. The van der Waals surface area contributed by atoms with Crippen molar-refractivity contribution in [1.82, 2.24) is 9.21 Å². The number of esters is 1. The molecule has 0 saturated heterocycles. The van der Waals surface area contributed by atoms with Crippen LogP contribution in [0.1, 0.15) is 44.0 Å². The van der Waals surface area contributed by atoms with Crippen molar-refractivity contribution in [1.29, 1.82) is 0 Å². The fourth-order valence-corrected chi connectivity index (χ4v) is 5.43. The van der Waals surface area contributed by atoms with Crippen molar-refractivity contribution in [3.8, 4) is 0 Å². The first-order chi connectivity index (χ1) is 16.6. The number of ether oxygens (including phenoxy) is 1. The summed E-state index contributed by atoms with van der Waals surface area (Å²) in [6.45, 7) is 6.53. The second-order valence-corrected chi connectivity index (χ2v) is 10.4. The minimum Gasteiger partial charge on any atom is -0.456 e. The van der Waals surface area contributed by atoms with E-state index in [0.717, 1.165) is 0 Å². The molecule has 0 fully saturated rings. The van der Waals surface area contributed by atoms with Crippen molar-refractivity contribution in [2.75, 3.05) is 33.3 Å². The number of benzene rings is 2. The minimum atomic E-state index is -3.78. The first-order valence-electron chi connectivity index (χ1n) is 11.7. The molecule has 9 nitrogen and oxygen atoms in total. The number of carbonyl (C=O) groups is 1. The molecule has 0 aliphatic carbocycles. The molecule has 1 unspecified atom stereocenters. The molecule has 1 aromatic heterocycles. The van der Waals surface area contributed by atoms with E-state index in [1.807, 2.05) is 13.8 Å². The van der Waals surface area contributed by atoms with E-state index in [1.165, 1.54) is 40.7 Å². The molecule has 0 aliphatic heterocycles. The molecule has 35 heavy (non-hydrogen) atoms. The van der Waals surface area contributed by atoms with Crippen LogP contribution in [0.5, 0.6) is 0 Å². The number of sulfonamides is 1. The van der Waals surface area contributed by atoms with Gasteiger partial charge in [-0.2, -0.15) is 4.31 Å². The lowest BCUT2D eigenvalue weighted by Gasteiger charge is -2.23. The Bertz CT molecular complexity index is 1360. The Morgan fingerprint density at radius 2 is 1.63 bits per heavy atom. The molecule has 10 heteroatoms. The second kappa shape index (κ2) is 11.3. The van der Waals surface area contributed by atoms with Gasteiger partial charge >= 0.3 is 5.97 Å². The second-order valence-electron chi connectivity index (χ2n) is 8.41. The molecule has 3 rings (SSSR count). The molecule has 0 saturated carbocycles. The molecule has 190 valence electrons. The molecule has 1 atom stereocenters. The number of fused-ring (bicyclic) bond motifs is 2. The quantitative estimate of drug-likeness (QED) is 0.240. The van der Waals surface area contributed by atoms with Crippen LogP contribution in [-0.2, 0) is 14.8 Å². The average Bonchev–Trinajstić information content (AvgIpc) is 2.83. The third-order valence-electron chi connectivity index (χ3n) is 5.81. The van der Waals surface area contributed by atoms with E-state index in [2.05, 4.69) is 0 Å². The SMILES string of the molecule is CCCN(CCC)S(=O)(=O)c1ccc2oc3ccc(C(=O)OC(C)N(C)CCO)cc3c(=O)c2c1. The number of carbonyl (C=O) groups excluding carboxylic acids is 1. The van der Waals surface area contributed by atoms with E-state index in [0.29, 0.717) is 32.5 Å². The monoisotopic (exact) mass is 504 g/mol. The van der Waals surface area contributed by atoms with Crippen LogP contribution in [0.4, 0.5) is 0 Å². The van der Waals surface area contributed by atoms with E-state index < -0.39 is 27.6 Å². The highest BCUT2D eigenvalue weighted by Crippen LogP contribution is 2.25. The van der Waals surface area contributed by atoms with Gasteiger partial charge in [-0.25, -0.2) is 13.2 Å². The van der Waals surface area contributed by atoms with Crippen LogP contribution < -0.4 is 5.43 Å². The van der Waals surface area contributed by atoms with Gasteiger partial charge < -0.3 is 14.3 Å². The Kier molecular flexibility index (Phi) is 8.65. The third kappa shape index (κ3) is 5.72. The molecule has 1 N–H and O–H groups in total. The topological polar surface area (TPSA) is 117 Å². The molecule has 0 radical (unpaired) electrons. The standard InChI is InChI=1S/C25H32N2O7S/c1-5-11-27(12-6-2)35(31,32)19-8-10-23-21(16-19)24(29)20-15-18(7-9-22(20)34-23)25(30)33-17(3)26(4)13-14-28/h7-10,15-17,28H,5-6,11-14H2,1-4H3. The number of aliphatic hydroxyl groups excluding tert-OH is 1. The fraction of sp³-hybridized carbons (Fsp3) is 0.440. The molecule has 1 heterocycles. The summed E-state index contributed by atoms with van der Waals surface area (Å²) in [5.41, 5.74) is 0.262. The van der Waals surface area contributed by atoms with Gasteiger partial charge in [0.15, 0.2) is 6.23 Å². The van der Waals surface area contributed by atoms with Crippen molar-refractivity contribution < 1.29 is 27.5 Å². The van der Waals surface area contributed by atoms with E-state index in [9.17, 15) is 18.0 Å². The van der Waals surface area contributed by atoms with Crippen LogP contribution >= 0.6 is 0 Å². The van der Waals surface area contributed by atoms with Crippen molar-refractivity contribution in [2.45, 2.75) is 44.7 Å². The maximum atomic E-state index is 13.3. The Morgan fingerprint density at radius 3 is 2.23 bits per heavy atom. The number of rotatable bonds is 11. The molecule has 2 aromatic carbocycles. The number of likely N-dealkylation sites (N-methyl/N-ethyl adjacent to an activating group) is 1. The molecular weight excluding hydrogens is 472 g/mol. The fourth-order valence-electron chi connectivity index (χ4n) is 3.78. The van der Waals surface area contributed by atoms with Crippen molar-refractivity contribution in [3.63, 3.8) is 0 Å². The van der Waals surface area contributed by atoms with Crippen molar-refractivity contribution in [3.05, 3.63) is 52.2 Å². The number of aliphatic hydroxyl groups is 1. The molecule has 3 aromatic rings. The Morgan fingerprint density at radius 1 is 1.03 bits per heavy atom. The summed E-state index contributed by atoms with van der Waals surface area (Å²) in [5.74, 6) is -0.630. The van der Waals surface area contributed by atoms with Crippen LogP contribution in [0.3, 0.4) is 0 Å². The summed E-state index contributed by atoms with van der Waals surface area (Å²) >= 11 is 0. The molecule has 0 amide bonds. The van der Waals surface area contributed by atoms with Crippen LogP contribution in [0.2, 0.25) is 0 Å². The van der Waals surface area contributed by atoms with Crippen LogP contribution in [0.25, 0.3) is 21.9 Å². The van der Waals surface area contributed by atoms with E-state index in [-0.39, 0.29) is 39.0 Å². The highest BCUT2D eigenvalue weighted by atomic mass is 32.2. The average molecular weight is 505 g/mol. The van der Waals surface area contributed by atoms with Crippen LogP contribution in [0, 0.1) is 0 Å². The van der Waals surface area contributed by atoms with Gasteiger partial charge in [-0.3, -0.25) is 9.69 Å². The van der Waals surface area contributed by atoms with Gasteiger partial charge in [-0.1, -0.05) is 13.8 Å². The maximum absolute atomic E-state index is 13.3.